The van der Waals surface area contributed by atoms with Gasteiger partial charge in [-0.2, -0.15) is 0 Å². The van der Waals surface area contributed by atoms with Gasteiger partial charge < -0.3 is 19.4 Å². The van der Waals surface area contributed by atoms with Gasteiger partial charge in [0.25, 0.3) is 0 Å². The largest absolute Gasteiger partial charge is 0.439 e. The Balaban J connectivity index is 1.43. The third-order valence-electron chi connectivity index (χ3n) is 4.87. The molecule has 7 heteroatoms. The Hall–Kier alpha value is -2.93. The number of carbonyl (C=O) groups excluding carboxylic acids is 1. The maximum absolute atomic E-state index is 12.9. The topological polar surface area (TPSA) is 80.5 Å². The van der Waals surface area contributed by atoms with Gasteiger partial charge in [0.05, 0.1) is 24.9 Å². The van der Waals surface area contributed by atoms with Crippen LogP contribution in [0.5, 0.6) is 0 Å². The summed E-state index contributed by atoms with van der Waals surface area (Å²) in [6, 6.07) is 11.3. The van der Waals surface area contributed by atoms with Gasteiger partial charge >= 0.3 is 6.03 Å². The number of rotatable bonds is 6. The number of amides is 2. The summed E-state index contributed by atoms with van der Waals surface area (Å²) in [5, 5.41) is 2.92. The summed E-state index contributed by atoms with van der Waals surface area (Å²) in [5.41, 5.74) is 3.45. The molecule has 1 fully saturated rings. The second-order valence-corrected chi connectivity index (χ2v) is 7.02. The quantitative estimate of drug-likeness (QED) is 0.709. The van der Waals surface area contributed by atoms with Crippen LogP contribution in [0.4, 0.5) is 4.79 Å². The number of nitrogens with zero attached hydrogens (tertiary/aromatic N) is 3. The molecule has 3 aromatic rings. The van der Waals surface area contributed by atoms with Crippen LogP contribution in [-0.2, 0) is 17.8 Å². The van der Waals surface area contributed by atoms with Crippen molar-refractivity contribution in [2.24, 2.45) is 0 Å². The van der Waals surface area contributed by atoms with Gasteiger partial charge in [0.1, 0.15) is 5.52 Å². The number of ether oxygens (including phenoxy) is 1. The third-order valence-corrected chi connectivity index (χ3v) is 4.87. The number of hydrogen-bond donors (Lipinski definition) is 1. The number of urea groups is 1. The van der Waals surface area contributed by atoms with Crippen LogP contribution >= 0.6 is 0 Å². The van der Waals surface area contributed by atoms with Crippen LogP contribution < -0.4 is 5.32 Å². The number of nitrogens with one attached hydrogen (secondary N) is 1. The minimum absolute atomic E-state index is 0.0708. The maximum atomic E-state index is 12.9. The Kier molecular flexibility index (Phi) is 5.53. The molecule has 7 nitrogen and oxygen atoms in total. The summed E-state index contributed by atoms with van der Waals surface area (Å²) in [5.74, 6) is 0.493. The molecule has 2 amide bonds. The number of oxazole rings is 1. The molecule has 4 rings (SSSR count). The van der Waals surface area contributed by atoms with Gasteiger partial charge in [0, 0.05) is 19.3 Å². The van der Waals surface area contributed by atoms with Crippen LogP contribution in [0.15, 0.2) is 47.0 Å². The number of aryl methyl sites for hydroxylation is 1. The molecule has 1 saturated heterocycles. The Labute approximate surface area is 163 Å². The molecule has 1 aliphatic rings. The molecule has 0 saturated carbocycles. The van der Waals surface area contributed by atoms with Crippen molar-refractivity contribution in [2.75, 3.05) is 13.2 Å². The standard InChI is InChI=1S/C21H24N4O3/c1-15-6-4-9-18-20(15)24-19(28-18)12-23-21(26)25(14-17-8-5-11-27-17)13-16-7-2-3-10-22-16/h2-4,6-7,9-10,17H,5,8,11-14H2,1H3,(H,23,26). The highest BCUT2D eigenvalue weighted by Crippen LogP contribution is 2.19. The molecule has 1 unspecified atom stereocenters. The highest BCUT2D eigenvalue weighted by Gasteiger charge is 2.23. The molecule has 1 atom stereocenters. The first-order chi connectivity index (χ1) is 13.7. The molecule has 0 spiro atoms. The molecule has 28 heavy (non-hydrogen) atoms. The Morgan fingerprint density at radius 2 is 2.21 bits per heavy atom. The summed E-state index contributed by atoms with van der Waals surface area (Å²) in [6.45, 7) is 3.95. The van der Waals surface area contributed by atoms with Crippen LogP contribution in [0.2, 0.25) is 0 Å². The highest BCUT2D eigenvalue weighted by molar-refractivity contribution is 5.76. The Morgan fingerprint density at radius 1 is 1.29 bits per heavy atom. The predicted octanol–water partition coefficient (Wildman–Crippen LogP) is 3.42. The second kappa shape index (κ2) is 8.39. The maximum Gasteiger partial charge on any atom is 0.318 e. The van der Waals surface area contributed by atoms with Crippen molar-refractivity contribution in [3.05, 3.63) is 59.7 Å². The summed E-state index contributed by atoms with van der Waals surface area (Å²) in [6.07, 6.45) is 3.81. The fourth-order valence-electron chi connectivity index (χ4n) is 3.41. The van der Waals surface area contributed by atoms with Crippen LogP contribution in [0, 0.1) is 6.92 Å². The van der Waals surface area contributed by atoms with E-state index in [1.54, 1.807) is 11.1 Å². The van der Waals surface area contributed by atoms with Crippen LogP contribution in [-0.4, -0.2) is 40.2 Å². The van der Waals surface area contributed by atoms with Gasteiger partial charge in [-0.3, -0.25) is 4.98 Å². The van der Waals surface area contributed by atoms with E-state index in [1.165, 1.54) is 0 Å². The number of hydrogen-bond acceptors (Lipinski definition) is 5. The molecule has 1 aliphatic heterocycles. The first-order valence-corrected chi connectivity index (χ1v) is 9.58. The van der Waals surface area contributed by atoms with Gasteiger partial charge in [-0.15, -0.1) is 0 Å². The van der Waals surface area contributed by atoms with E-state index in [0.29, 0.717) is 19.0 Å². The van der Waals surface area contributed by atoms with E-state index in [4.69, 9.17) is 9.15 Å². The molecule has 1 N–H and O–H groups in total. The van der Waals surface area contributed by atoms with Gasteiger partial charge in [-0.05, 0) is 43.5 Å². The zero-order valence-electron chi connectivity index (χ0n) is 15.9. The first kappa shape index (κ1) is 18.4. The van der Waals surface area contributed by atoms with Crippen molar-refractivity contribution in [1.29, 1.82) is 0 Å². The van der Waals surface area contributed by atoms with E-state index in [1.807, 2.05) is 43.3 Å². The van der Waals surface area contributed by atoms with Gasteiger partial charge in [-0.1, -0.05) is 18.2 Å². The summed E-state index contributed by atoms with van der Waals surface area (Å²) in [4.78, 5) is 23.4. The van der Waals surface area contributed by atoms with E-state index >= 15 is 0 Å². The van der Waals surface area contributed by atoms with Crippen LogP contribution in [0.1, 0.15) is 30.0 Å². The van der Waals surface area contributed by atoms with Crippen molar-refractivity contribution in [3.8, 4) is 0 Å². The zero-order chi connectivity index (χ0) is 19.3. The minimum atomic E-state index is -0.180. The SMILES string of the molecule is Cc1cccc2oc(CNC(=O)N(Cc3ccccn3)CC3CCCO3)nc12. The number of benzene rings is 1. The molecule has 0 radical (unpaired) electrons. The van der Waals surface area contributed by atoms with E-state index in [2.05, 4.69) is 15.3 Å². The molecule has 2 aromatic heterocycles. The van der Waals surface area contributed by atoms with Crippen molar-refractivity contribution in [1.82, 2.24) is 20.2 Å². The lowest BCUT2D eigenvalue weighted by Crippen LogP contribution is -2.43. The lowest BCUT2D eigenvalue weighted by molar-refractivity contribution is 0.0790. The molecule has 0 aliphatic carbocycles. The molecular weight excluding hydrogens is 356 g/mol. The molecule has 0 bridgehead atoms. The summed E-state index contributed by atoms with van der Waals surface area (Å²) in [7, 11) is 0. The number of aromatic nitrogens is 2. The van der Waals surface area contributed by atoms with Gasteiger partial charge in [-0.25, -0.2) is 9.78 Å². The lowest BCUT2D eigenvalue weighted by Gasteiger charge is -2.25. The summed E-state index contributed by atoms with van der Waals surface area (Å²) >= 11 is 0. The normalized spacial score (nSPS) is 16.4. The average molecular weight is 380 g/mol. The predicted molar refractivity (Wildman–Crippen MR) is 105 cm³/mol. The second-order valence-electron chi connectivity index (χ2n) is 7.02. The van der Waals surface area contributed by atoms with Gasteiger partial charge in [0.15, 0.2) is 5.58 Å². The zero-order valence-corrected chi connectivity index (χ0v) is 15.9. The van der Waals surface area contributed by atoms with E-state index < -0.39 is 0 Å². The van der Waals surface area contributed by atoms with Crippen molar-refractivity contribution in [3.63, 3.8) is 0 Å². The fraction of sp³-hybridized carbons (Fsp3) is 0.381. The number of pyridine rings is 1. The number of carbonyl (C=O) groups is 1. The Morgan fingerprint density at radius 3 is 2.96 bits per heavy atom. The van der Waals surface area contributed by atoms with E-state index in [-0.39, 0.29) is 18.7 Å². The molecule has 1 aromatic carbocycles. The van der Waals surface area contributed by atoms with E-state index in [9.17, 15) is 4.79 Å². The van der Waals surface area contributed by atoms with Crippen LogP contribution in [0.25, 0.3) is 11.1 Å². The molecule has 146 valence electrons. The third kappa shape index (κ3) is 4.31. The summed E-state index contributed by atoms with van der Waals surface area (Å²) < 4.78 is 11.5. The Bertz CT molecular complexity index is 935. The van der Waals surface area contributed by atoms with E-state index in [0.717, 1.165) is 41.8 Å². The molecular formula is C21H24N4O3. The smallest absolute Gasteiger partial charge is 0.318 e. The van der Waals surface area contributed by atoms with Gasteiger partial charge in [0.2, 0.25) is 5.89 Å². The monoisotopic (exact) mass is 380 g/mol. The molecule has 3 heterocycles. The average Bonchev–Trinajstić information content (AvgIpc) is 3.36. The fourth-order valence-corrected chi connectivity index (χ4v) is 3.41. The van der Waals surface area contributed by atoms with Crippen molar-refractivity contribution < 1.29 is 13.9 Å². The lowest BCUT2D eigenvalue weighted by atomic mass is 10.2. The number of fused-ring (bicyclic) bond motifs is 1. The first-order valence-electron chi connectivity index (χ1n) is 9.58. The van der Waals surface area contributed by atoms with Crippen LogP contribution in [0.3, 0.4) is 0 Å². The van der Waals surface area contributed by atoms with Crippen molar-refractivity contribution in [2.45, 2.75) is 39.0 Å². The van der Waals surface area contributed by atoms with Crippen molar-refractivity contribution >= 4 is 17.1 Å². The highest BCUT2D eigenvalue weighted by atomic mass is 16.5. The number of para-hydroxylation sites is 1. The minimum Gasteiger partial charge on any atom is -0.439 e.